The van der Waals surface area contributed by atoms with Crippen LogP contribution in [0.3, 0.4) is 0 Å². The second-order valence-corrected chi connectivity index (χ2v) is 6.72. The number of carbonyl (C=O) groups excluding carboxylic acids is 1. The van der Waals surface area contributed by atoms with Crippen LogP contribution in [0.2, 0.25) is 0 Å². The van der Waals surface area contributed by atoms with Gasteiger partial charge in [0.2, 0.25) is 5.91 Å². The van der Waals surface area contributed by atoms with Crippen molar-refractivity contribution in [2.24, 2.45) is 0 Å². The molecule has 1 aliphatic heterocycles. The first kappa shape index (κ1) is 19.1. The van der Waals surface area contributed by atoms with Crippen LogP contribution in [0.1, 0.15) is 25.5 Å². The van der Waals surface area contributed by atoms with Gasteiger partial charge in [0.25, 0.3) is 0 Å². The molecule has 7 heteroatoms. The van der Waals surface area contributed by atoms with Crippen LogP contribution in [0, 0.1) is 6.92 Å². The van der Waals surface area contributed by atoms with Gasteiger partial charge in [0.1, 0.15) is 5.75 Å². The number of rotatable bonds is 5. The molecule has 1 N–H and O–H groups in total. The highest BCUT2D eigenvalue weighted by Gasteiger charge is 2.20. The van der Waals surface area contributed by atoms with E-state index in [9.17, 15) is 13.6 Å². The van der Waals surface area contributed by atoms with E-state index < -0.39 is 6.61 Å². The summed E-state index contributed by atoms with van der Waals surface area (Å²) < 4.78 is 29.0. The number of halogens is 2. The van der Waals surface area contributed by atoms with Gasteiger partial charge in [-0.3, -0.25) is 9.78 Å². The molecule has 0 atom stereocenters. The van der Waals surface area contributed by atoms with Gasteiger partial charge in [-0.2, -0.15) is 8.78 Å². The summed E-state index contributed by atoms with van der Waals surface area (Å²) in [6, 6.07) is 10.8. The number of piperidine rings is 1. The van der Waals surface area contributed by atoms with Crippen molar-refractivity contribution in [2.45, 2.75) is 39.3 Å². The van der Waals surface area contributed by atoms with Gasteiger partial charge in [0, 0.05) is 43.0 Å². The zero-order valence-electron chi connectivity index (χ0n) is 15.4. The Bertz CT molecular complexity index is 788. The zero-order valence-corrected chi connectivity index (χ0v) is 15.4. The van der Waals surface area contributed by atoms with Gasteiger partial charge < -0.3 is 15.0 Å². The minimum atomic E-state index is -2.83. The van der Waals surface area contributed by atoms with Crippen LogP contribution in [0.25, 0.3) is 11.3 Å². The van der Waals surface area contributed by atoms with Gasteiger partial charge in [-0.15, -0.1) is 0 Å². The normalized spacial score (nSPS) is 15.1. The van der Waals surface area contributed by atoms with Gasteiger partial charge in [-0.25, -0.2) is 0 Å². The maximum Gasteiger partial charge on any atom is 0.387 e. The number of amides is 1. The van der Waals surface area contributed by atoms with Gasteiger partial charge in [-0.05, 0) is 56.2 Å². The number of hydrogen-bond acceptors (Lipinski definition) is 4. The van der Waals surface area contributed by atoms with Gasteiger partial charge in [0.05, 0.1) is 5.69 Å². The van der Waals surface area contributed by atoms with Crippen molar-refractivity contribution in [1.29, 1.82) is 0 Å². The number of hydrogen-bond donors (Lipinski definition) is 1. The first-order valence-electron chi connectivity index (χ1n) is 8.96. The summed E-state index contributed by atoms with van der Waals surface area (Å²) in [6.07, 6.45) is 1.80. The predicted molar refractivity (Wildman–Crippen MR) is 100 cm³/mol. The summed E-state index contributed by atoms with van der Waals surface area (Å²) in [6.45, 7) is 2.36. The highest BCUT2D eigenvalue weighted by Crippen LogP contribution is 2.28. The van der Waals surface area contributed by atoms with E-state index in [0.717, 1.165) is 48.6 Å². The Kier molecular flexibility index (Phi) is 5.88. The fourth-order valence-electron chi connectivity index (χ4n) is 3.36. The maximum absolute atomic E-state index is 12.3. The van der Waals surface area contributed by atoms with E-state index in [1.165, 1.54) is 12.1 Å². The molecule has 3 rings (SSSR count). The molecule has 0 radical (unpaired) electrons. The Balaban J connectivity index is 1.74. The number of nitrogens with one attached hydrogen (secondary N) is 1. The summed E-state index contributed by atoms with van der Waals surface area (Å²) in [4.78, 5) is 18.1. The predicted octanol–water partition coefficient (Wildman–Crippen LogP) is 3.76. The summed E-state index contributed by atoms with van der Waals surface area (Å²) in [5.41, 5.74) is 3.60. The average Bonchev–Trinajstić information content (AvgIpc) is 2.61. The van der Waals surface area contributed by atoms with Crippen molar-refractivity contribution in [3.8, 4) is 17.0 Å². The van der Waals surface area contributed by atoms with Crippen molar-refractivity contribution in [3.05, 3.63) is 42.1 Å². The van der Waals surface area contributed by atoms with Crippen LogP contribution >= 0.6 is 0 Å². The van der Waals surface area contributed by atoms with Crippen LogP contribution in [0.4, 0.5) is 14.5 Å². The lowest BCUT2D eigenvalue weighted by Crippen LogP contribution is -2.44. The number of pyridine rings is 1. The molecule has 0 bridgehead atoms. The first-order valence-corrected chi connectivity index (χ1v) is 8.96. The van der Waals surface area contributed by atoms with Crippen molar-refractivity contribution in [2.75, 3.05) is 18.0 Å². The highest BCUT2D eigenvalue weighted by atomic mass is 19.3. The molecular weight excluding hydrogens is 352 g/mol. The number of nitrogens with zero attached hydrogens (tertiary/aromatic N) is 2. The Morgan fingerprint density at radius 1 is 1.22 bits per heavy atom. The summed E-state index contributed by atoms with van der Waals surface area (Å²) >= 11 is 0. The highest BCUT2D eigenvalue weighted by molar-refractivity contribution is 5.73. The Morgan fingerprint density at radius 3 is 2.48 bits per heavy atom. The van der Waals surface area contributed by atoms with E-state index in [0.29, 0.717) is 0 Å². The molecule has 2 heterocycles. The molecule has 1 fully saturated rings. The monoisotopic (exact) mass is 375 g/mol. The van der Waals surface area contributed by atoms with Gasteiger partial charge >= 0.3 is 6.61 Å². The number of carbonyl (C=O) groups is 1. The molecule has 0 spiro atoms. The quantitative estimate of drug-likeness (QED) is 0.865. The SMILES string of the molecule is CC(=O)NC1CCN(c2cc(C)nc(-c3ccc(OC(F)F)cc3)c2)CC1. The van der Waals surface area contributed by atoms with Crippen LogP contribution in [0.15, 0.2) is 36.4 Å². The molecule has 1 aromatic carbocycles. The van der Waals surface area contributed by atoms with Crippen molar-refractivity contribution in [3.63, 3.8) is 0 Å². The molecule has 144 valence electrons. The molecule has 2 aromatic rings. The molecule has 0 saturated carbocycles. The fourth-order valence-corrected chi connectivity index (χ4v) is 3.36. The molecule has 5 nitrogen and oxygen atoms in total. The topological polar surface area (TPSA) is 54.5 Å². The molecule has 1 saturated heterocycles. The first-order chi connectivity index (χ1) is 12.9. The third kappa shape index (κ3) is 5.15. The third-order valence-corrected chi connectivity index (χ3v) is 4.58. The molecule has 0 unspecified atom stereocenters. The zero-order chi connectivity index (χ0) is 19.4. The molecule has 1 amide bonds. The minimum Gasteiger partial charge on any atom is -0.435 e. The van der Waals surface area contributed by atoms with E-state index in [-0.39, 0.29) is 17.7 Å². The summed E-state index contributed by atoms with van der Waals surface area (Å²) in [5, 5.41) is 2.98. The van der Waals surface area contributed by atoms with Crippen molar-refractivity contribution in [1.82, 2.24) is 10.3 Å². The molecule has 1 aromatic heterocycles. The summed E-state index contributed by atoms with van der Waals surface area (Å²) in [7, 11) is 0. The molecule has 27 heavy (non-hydrogen) atoms. The van der Waals surface area contributed by atoms with Crippen LogP contribution in [-0.2, 0) is 4.79 Å². The number of benzene rings is 1. The Labute approximate surface area is 157 Å². The molecule has 1 aliphatic rings. The summed E-state index contributed by atoms with van der Waals surface area (Å²) in [5.74, 6) is 0.136. The van der Waals surface area contributed by atoms with Crippen molar-refractivity contribution >= 4 is 11.6 Å². The largest absolute Gasteiger partial charge is 0.435 e. The smallest absolute Gasteiger partial charge is 0.387 e. The lowest BCUT2D eigenvalue weighted by Gasteiger charge is -2.34. The number of alkyl halides is 2. The second kappa shape index (κ2) is 8.33. The number of ether oxygens (including phenoxy) is 1. The lowest BCUT2D eigenvalue weighted by atomic mass is 10.0. The van der Waals surface area contributed by atoms with Crippen LogP contribution < -0.4 is 15.0 Å². The second-order valence-electron chi connectivity index (χ2n) is 6.72. The average molecular weight is 375 g/mol. The number of aryl methyl sites for hydroxylation is 1. The third-order valence-electron chi connectivity index (χ3n) is 4.58. The van der Waals surface area contributed by atoms with E-state index >= 15 is 0 Å². The minimum absolute atomic E-state index is 0.00904. The molecule has 0 aliphatic carbocycles. The van der Waals surface area contributed by atoms with E-state index in [1.54, 1.807) is 19.1 Å². The fraction of sp³-hybridized carbons (Fsp3) is 0.400. The Hall–Kier alpha value is -2.70. The number of anilines is 1. The Morgan fingerprint density at radius 2 is 1.89 bits per heavy atom. The van der Waals surface area contributed by atoms with Gasteiger partial charge in [-0.1, -0.05) is 0 Å². The molecular formula is C20H23F2N3O2. The maximum atomic E-state index is 12.3. The lowest BCUT2D eigenvalue weighted by molar-refractivity contribution is -0.119. The van der Waals surface area contributed by atoms with E-state index in [2.05, 4.69) is 19.9 Å². The van der Waals surface area contributed by atoms with Gasteiger partial charge in [0.15, 0.2) is 0 Å². The van der Waals surface area contributed by atoms with Crippen LogP contribution in [0.5, 0.6) is 5.75 Å². The number of aromatic nitrogens is 1. The van der Waals surface area contributed by atoms with E-state index in [1.807, 2.05) is 19.1 Å². The van der Waals surface area contributed by atoms with E-state index in [4.69, 9.17) is 0 Å². The van der Waals surface area contributed by atoms with Crippen molar-refractivity contribution < 1.29 is 18.3 Å². The van der Waals surface area contributed by atoms with Crippen LogP contribution in [-0.4, -0.2) is 36.6 Å². The standard InChI is InChI=1S/C20H23F2N3O2/c1-13-11-17(25-9-7-16(8-10-25)24-14(2)26)12-19(23-13)15-3-5-18(6-4-15)27-20(21)22/h3-6,11-12,16,20H,7-10H2,1-2H3,(H,24,26).